The van der Waals surface area contributed by atoms with Crippen LogP contribution in [-0.2, 0) is 4.79 Å². The van der Waals surface area contributed by atoms with Crippen LogP contribution in [0.15, 0.2) is 30.6 Å². The molecule has 0 aliphatic heterocycles. The molecule has 6 nitrogen and oxygen atoms in total. The van der Waals surface area contributed by atoms with E-state index in [0.29, 0.717) is 35.3 Å². The van der Waals surface area contributed by atoms with Crippen molar-refractivity contribution < 1.29 is 23.4 Å². The van der Waals surface area contributed by atoms with Crippen molar-refractivity contribution in [1.82, 2.24) is 9.97 Å². The van der Waals surface area contributed by atoms with Gasteiger partial charge in [0, 0.05) is 24.7 Å². The highest BCUT2D eigenvalue weighted by Crippen LogP contribution is 2.50. The summed E-state index contributed by atoms with van der Waals surface area (Å²) in [4.78, 5) is 19.8. The van der Waals surface area contributed by atoms with Crippen LogP contribution in [0.4, 0.5) is 14.6 Å². The van der Waals surface area contributed by atoms with E-state index in [1.165, 1.54) is 13.3 Å². The van der Waals surface area contributed by atoms with Gasteiger partial charge >= 0.3 is 5.97 Å². The van der Waals surface area contributed by atoms with Crippen LogP contribution in [0.2, 0.25) is 0 Å². The van der Waals surface area contributed by atoms with E-state index >= 15 is 4.39 Å². The lowest BCUT2D eigenvalue weighted by atomic mass is 9.78. The van der Waals surface area contributed by atoms with Gasteiger partial charge in [-0.1, -0.05) is 0 Å². The van der Waals surface area contributed by atoms with E-state index in [1.807, 2.05) is 0 Å². The van der Waals surface area contributed by atoms with Crippen molar-refractivity contribution in [3.05, 3.63) is 47.5 Å². The topological polar surface area (TPSA) is 84.3 Å². The molecule has 2 aromatic heterocycles. The maximum absolute atomic E-state index is 15.0. The van der Waals surface area contributed by atoms with E-state index in [4.69, 9.17) is 4.74 Å². The number of methoxy groups -OCH3 is 1. The summed E-state index contributed by atoms with van der Waals surface area (Å²) in [5.74, 6) is -0.713. The van der Waals surface area contributed by atoms with Gasteiger partial charge in [-0.2, -0.15) is 0 Å². The molecular formula is C25H31F2N3O3. The molecule has 4 rings (SSSR count). The Morgan fingerprint density at radius 1 is 1.24 bits per heavy atom. The van der Waals surface area contributed by atoms with Crippen LogP contribution in [0, 0.1) is 17.7 Å². The summed E-state index contributed by atoms with van der Waals surface area (Å²) >= 11 is 0. The molecule has 0 bridgehead atoms. The molecule has 2 N–H and O–H groups in total. The van der Waals surface area contributed by atoms with Gasteiger partial charge in [-0.3, -0.25) is 0 Å². The van der Waals surface area contributed by atoms with Crippen molar-refractivity contribution in [2.24, 2.45) is 11.8 Å². The molecule has 2 saturated carbocycles. The minimum absolute atomic E-state index is 0.0498. The minimum Gasteiger partial charge on any atom is -0.481 e. The van der Waals surface area contributed by atoms with Crippen molar-refractivity contribution in [1.29, 1.82) is 0 Å². The lowest BCUT2D eigenvalue weighted by molar-refractivity contribution is -0.151. The van der Waals surface area contributed by atoms with Crippen LogP contribution in [0.5, 0.6) is 5.88 Å². The summed E-state index contributed by atoms with van der Waals surface area (Å²) < 4.78 is 34.4. The molecule has 178 valence electrons. The fourth-order valence-corrected chi connectivity index (χ4v) is 5.11. The number of aromatic nitrogens is 2. The molecule has 0 spiro atoms. The van der Waals surface area contributed by atoms with E-state index in [2.05, 4.69) is 15.3 Å². The van der Waals surface area contributed by atoms with Gasteiger partial charge in [-0.05, 0) is 86.5 Å². The fraction of sp³-hybridized carbons (Fsp3) is 0.560. The number of hydrogen-bond acceptors (Lipinski definition) is 5. The van der Waals surface area contributed by atoms with Crippen LogP contribution < -0.4 is 10.1 Å². The van der Waals surface area contributed by atoms with E-state index in [-0.39, 0.29) is 17.7 Å². The first kappa shape index (κ1) is 23.4. The fourth-order valence-electron chi connectivity index (χ4n) is 5.11. The second-order valence-corrected chi connectivity index (χ2v) is 9.52. The number of alkyl halides is 1. The van der Waals surface area contributed by atoms with Gasteiger partial charge < -0.3 is 15.2 Å². The normalized spacial score (nSPS) is 23.4. The van der Waals surface area contributed by atoms with Gasteiger partial charge in [0.25, 0.3) is 0 Å². The summed E-state index contributed by atoms with van der Waals surface area (Å²) in [6.45, 7) is 1.87. The van der Waals surface area contributed by atoms with Crippen molar-refractivity contribution in [3.8, 4) is 5.88 Å². The van der Waals surface area contributed by atoms with Crippen LogP contribution >= 0.6 is 0 Å². The Morgan fingerprint density at radius 2 is 1.97 bits per heavy atom. The number of hydrogen-bond donors (Lipinski definition) is 2. The number of carbonyl (C=O) groups is 1. The number of carboxylic acid groups (broad SMARTS) is 1. The van der Waals surface area contributed by atoms with Crippen LogP contribution in [0.25, 0.3) is 0 Å². The molecule has 2 aromatic rings. The number of halogens is 2. The highest BCUT2D eigenvalue weighted by atomic mass is 19.1. The molecule has 0 amide bonds. The van der Waals surface area contributed by atoms with Crippen LogP contribution in [-0.4, -0.2) is 40.4 Å². The summed E-state index contributed by atoms with van der Waals surface area (Å²) in [6.07, 6.45) is 8.19. The molecule has 2 aliphatic carbocycles. The maximum atomic E-state index is 15.0. The number of nitrogens with one attached hydrogen (secondary N) is 1. The Morgan fingerprint density at radius 3 is 2.61 bits per heavy atom. The number of ether oxygens (including phenoxy) is 1. The van der Waals surface area contributed by atoms with Gasteiger partial charge in [0.1, 0.15) is 11.6 Å². The molecule has 2 fully saturated rings. The standard InChI is InChI=1S/C25H31F2N3O3/c1-25(27,24(31)32)23(17-7-8-17)18-9-10-28-21(11-18)29-13-15-3-5-16(6-4-15)19-12-22(33-2)30-14-20(19)26/h9-12,14-17,23H,3-8,13H2,1-2H3,(H,28,29)(H,31,32)/t15?,16?,23-,25?/m0/s1. The summed E-state index contributed by atoms with van der Waals surface area (Å²) in [6, 6.07) is 5.20. The third kappa shape index (κ3) is 5.25. The van der Waals surface area contributed by atoms with Gasteiger partial charge in [0.05, 0.1) is 13.3 Å². The summed E-state index contributed by atoms with van der Waals surface area (Å²) in [7, 11) is 1.53. The summed E-state index contributed by atoms with van der Waals surface area (Å²) in [5, 5.41) is 12.8. The lowest BCUT2D eigenvalue weighted by Crippen LogP contribution is -2.38. The van der Waals surface area contributed by atoms with E-state index in [0.717, 1.165) is 45.4 Å². The predicted octanol–water partition coefficient (Wildman–Crippen LogP) is 5.32. The zero-order chi connectivity index (χ0) is 23.6. The molecule has 0 saturated heterocycles. The molecular weight excluding hydrogens is 428 g/mol. The number of rotatable bonds is 9. The Balaban J connectivity index is 1.36. The smallest absolute Gasteiger partial charge is 0.341 e. The Labute approximate surface area is 192 Å². The first-order valence-electron chi connectivity index (χ1n) is 11.6. The number of carboxylic acids is 1. The molecule has 2 heterocycles. The minimum atomic E-state index is -2.32. The zero-order valence-corrected chi connectivity index (χ0v) is 19.1. The van der Waals surface area contributed by atoms with E-state index in [1.54, 1.807) is 24.4 Å². The second-order valence-electron chi connectivity index (χ2n) is 9.52. The molecule has 0 radical (unpaired) electrons. The molecule has 1 unspecified atom stereocenters. The Bertz CT molecular complexity index is 989. The largest absolute Gasteiger partial charge is 0.481 e. The quantitative estimate of drug-likeness (QED) is 0.528. The first-order valence-corrected chi connectivity index (χ1v) is 11.6. The highest BCUT2D eigenvalue weighted by Gasteiger charge is 2.50. The van der Waals surface area contributed by atoms with Crippen molar-refractivity contribution in [2.45, 2.75) is 63.0 Å². The molecule has 8 heteroatoms. The molecule has 0 aromatic carbocycles. The maximum Gasteiger partial charge on any atom is 0.341 e. The number of nitrogens with zero attached hydrogens (tertiary/aromatic N) is 2. The average Bonchev–Trinajstić information content (AvgIpc) is 3.63. The highest BCUT2D eigenvalue weighted by molar-refractivity contribution is 5.78. The number of anilines is 1. The van der Waals surface area contributed by atoms with Crippen molar-refractivity contribution in [2.75, 3.05) is 19.0 Å². The average molecular weight is 460 g/mol. The predicted molar refractivity (Wildman–Crippen MR) is 121 cm³/mol. The third-order valence-corrected chi connectivity index (χ3v) is 7.17. The Kier molecular flexibility index (Phi) is 6.81. The molecule has 33 heavy (non-hydrogen) atoms. The van der Waals surface area contributed by atoms with E-state index < -0.39 is 17.6 Å². The van der Waals surface area contributed by atoms with Crippen molar-refractivity contribution in [3.63, 3.8) is 0 Å². The van der Waals surface area contributed by atoms with E-state index in [9.17, 15) is 14.3 Å². The van der Waals surface area contributed by atoms with Gasteiger partial charge in [0.15, 0.2) is 0 Å². The SMILES string of the molecule is COc1cc(C2CCC(CNc3cc([C@H](C4CC4)C(C)(F)C(=O)O)ccn3)CC2)c(F)cn1. The third-order valence-electron chi connectivity index (χ3n) is 7.17. The number of pyridine rings is 2. The van der Waals surface area contributed by atoms with Crippen LogP contribution in [0.3, 0.4) is 0 Å². The number of aliphatic carboxylic acids is 1. The van der Waals surface area contributed by atoms with Crippen LogP contribution in [0.1, 0.15) is 68.4 Å². The first-order chi connectivity index (χ1) is 15.8. The van der Waals surface area contributed by atoms with Gasteiger partial charge in [-0.25, -0.2) is 23.5 Å². The van der Waals surface area contributed by atoms with Crippen molar-refractivity contribution >= 4 is 11.8 Å². The molecule has 2 aliphatic rings. The molecule has 2 atom stereocenters. The lowest BCUT2D eigenvalue weighted by Gasteiger charge is -2.29. The second kappa shape index (κ2) is 9.61. The monoisotopic (exact) mass is 459 g/mol. The zero-order valence-electron chi connectivity index (χ0n) is 19.1. The van der Waals surface area contributed by atoms with Gasteiger partial charge in [0.2, 0.25) is 11.5 Å². The summed E-state index contributed by atoms with van der Waals surface area (Å²) in [5.41, 5.74) is -0.974. The van der Waals surface area contributed by atoms with Gasteiger partial charge in [-0.15, -0.1) is 0 Å². The Hall–Kier alpha value is -2.77.